The van der Waals surface area contributed by atoms with Gasteiger partial charge >= 0.3 is 5.97 Å². The standard InChI is InChI=1S/C22H22NO4.HI/c1-22(2)16-12-15(21(24)25-4)7-8-17(16)23(3)20(22)10-6-14-5-9-18-19(11-14)27-13-26-18;/h5-12H,13H2,1-4H3;1H/q+1;/p-1. The average molecular weight is 491 g/mol. The van der Waals surface area contributed by atoms with Gasteiger partial charge in [0.05, 0.1) is 18.1 Å². The maximum atomic E-state index is 11.9. The molecule has 2 aliphatic heterocycles. The second-order valence-corrected chi connectivity index (χ2v) is 7.24. The van der Waals surface area contributed by atoms with Crippen molar-refractivity contribution in [3.63, 3.8) is 0 Å². The van der Waals surface area contributed by atoms with E-state index in [-0.39, 0.29) is 42.2 Å². The molecule has 6 heteroatoms. The number of allylic oxidation sites excluding steroid dienone is 1. The first kappa shape index (κ1) is 20.4. The molecule has 2 aromatic rings. The molecule has 0 saturated carbocycles. The van der Waals surface area contributed by atoms with E-state index in [2.05, 4.69) is 30.6 Å². The lowest BCUT2D eigenvalue weighted by molar-refractivity contribution is -0.401. The highest BCUT2D eigenvalue weighted by molar-refractivity contribution is 6.06. The van der Waals surface area contributed by atoms with E-state index in [1.807, 2.05) is 43.4 Å². The Kier molecular flexibility index (Phi) is 5.52. The summed E-state index contributed by atoms with van der Waals surface area (Å²) in [4.78, 5) is 11.9. The minimum atomic E-state index is -0.319. The van der Waals surface area contributed by atoms with Crippen molar-refractivity contribution in [1.29, 1.82) is 0 Å². The van der Waals surface area contributed by atoms with E-state index in [4.69, 9.17) is 14.2 Å². The number of methoxy groups -OCH3 is 1. The normalized spacial score (nSPS) is 16.1. The number of esters is 1. The van der Waals surface area contributed by atoms with Crippen LogP contribution in [0.15, 0.2) is 42.5 Å². The molecular formula is C22H22INO4. The quantitative estimate of drug-likeness (QED) is 0.364. The van der Waals surface area contributed by atoms with Gasteiger partial charge in [-0.15, -0.1) is 0 Å². The predicted octanol–water partition coefficient (Wildman–Crippen LogP) is 0.925. The molecule has 0 radical (unpaired) electrons. The summed E-state index contributed by atoms with van der Waals surface area (Å²) in [6.45, 7) is 4.60. The van der Waals surface area contributed by atoms with Crippen LogP contribution < -0.4 is 33.5 Å². The number of ether oxygens (including phenoxy) is 3. The number of carbonyl (C=O) groups excluding carboxylic acids is 1. The second kappa shape index (κ2) is 7.58. The molecule has 0 saturated heterocycles. The molecule has 0 aliphatic carbocycles. The molecule has 0 fully saturated rings. The highest BCUT2D eigenvalue weighted by atomic mass is 127. The van der Waals surface area contributed by atoms with E-state index in [1.165, 1.54) is 7.11 Å². The minimum absolute atomic E-state index is 0. The van der Waals surface area contributed by atoms with Crippen molar-refractivity contribution in [3.8, 4) is 11.5 Å². The van der Waals surface area contributed by atoms with Crippen molar-refractivity contribution in [2.24, 2.45) is 0 Å². The maximum Gasteiger partial charge on any atom is 0.337 e. The highest BCUT2D eigenvalue weighted by Gasteiger charge is 2.43. The molecule has 28 heavy (non-hydrogen) atoms. The molecule has 5 nitrogen and oxygen atoms in total. The zero-order valence-electron chi connectivity index (χ0n) is 16.3. The Labute approximate surface area is 181 Å². The van der Waals surface area contributed by atoms with Crippen molar-refractivity contribution < 1.29 is 47.6 Å². The second-order valence-electron chi connectivity index (χ2n) is 7.24. The van der Waals surface area contributed by atoms with Gasteiger partial charge in [0.1, 0.15) is 7.05 Å². The predicted molar refractivity (Wildman–Crippen MR) is 103 cm³/mol. The Bertz CT molecular complexity index is 1010. The van der Waals surface area contributed by atoms with Crippen molar-refractivity contribution in [3.05, 3.63) is 59.2 Å². The fraction of sp³-hybridized carbons (Fsp3) is 0.273. The first-order valence-corrected chi connectivity index (χ1v) is 8.83. The first-order valence-electron chi connectivity index (χ1n) is 8.83. The average Bonchev–Trinajstić information content (AvgIpc) is 3.20. The molecule has 2 aliphatic rings. The number of hydrogen-bond donors (Lipinski definition) is 0. The van der Waals surface area contributed by atoms with E-state index in [0.717, 1.165) is 34.0 Å². The Balaban J connectivity index is 0.00000225. The van der Waals surface area contributed by atoms with E-state index >= 15 is 0 Å². The maximum absolute atomic E-state index is 11.9. The zero-order valence-corrected chi connectivity index (χ0v) is 18.4. The third kappa shape index (κ3) is 3.30. The topological polar surface area (TPSA) is 47.8 Å². The summed E-state index contributed by atoms with van der Waals surface area (Å²) < 4.78 is 17.8. The van der Waals surface area contributed by atoms with Gasteiger partial charge in [0, 0.05) is 17.7 Å². The van der Waals surface area contributed by atoms with Crippen LogP contribution in [0.2, 0.25) is 0 Å². The summed E-state index contributed by atoms with van der Waals surface area (Å²) in [5, 5.41) is 0. The number of carbonyl (C=O) groups is 1. The third-order valence-corrected chi connectivity index (χ3v) is 5.28. The van der Waals surface area contributed by atoms with Crippen molar-refractivity contribution in [2.75, 3.05) is 21.0 Å². The van der Waals surface area contributed by atoms with Gasteiger partial charge in [-0.25, -0.2) is 4.79 Å². The molecule has 4 rings (SSSR count). The Morgan fingerprint density at radius 1 is 1.11 bits per heavy atom. The number of halogens is 1. The van der Waals surface area contributed by atoms with Gasteiger partial charge in [-0.3, -0.25) is 0 Å². The van der Waals surface area contributed by atoms with Crippen LogP contribution in [0.3, 0.4) is 0 Å². The first-order chi connectivity index (χ1) is 12.9. The molecule has 0 atom stereocenters. The minimum Gasteiger partial charge on any atom is -1.00 e. The number of benzene rings is 2. The van der Waals surface area contributed by atoms with Gasteiger partial charge in [0.15, 0.2) is 17.2 Å². The van der Waals surface area contributed by atoms with Crippen LogP contribution in [-0.2, 0) is 10.2 Å². The molecule has 2 heterocycles. The summed E-state index contributed by atoms with van der Waals surface area (Å²) in [5.41, 5.74) is 4.73. The largest absolute Gasteiger partial charge is 1.00 e. The van der Waals surface area contributed by atoms with Crippen LogP contribution >= 0.6 is 0 Å². The Hall–Kier alpha value is -2.35. The van der Waals surface area contributed by atoms with E-state index in [9.17, 15) is 4.79 Å². The van der Waals surface area contributed by atoms with Gasteiger partial charge in [-0.1, -0.05) is 6.07 Å². The van der Waals surface area contributed by atoms with Crippen LogP contribution in [0.5, 0.6) is 11.5 Å². The fourth-order valence-corrected chi connectivity index (χ4v) is 3.77. The van der Waals surface area contributed by atoms with Crippen molar-refractivity contribution >= 4 is 23.4 Å². The number of fused-ring (bicyclic) bond motifs is 2. The third-order valence-electron chi connectivity index (χ3n) is 5.28. The van der Waals surface area contributed by atoms with Gasteiger partial charge in [0.2, 0.25) is 12.5 Å². The van der Waals surface area contributed by atoms with Crippen LogP contribution in [0.1, 0.15) is 35.3 Å². The van der Waals surface area contributed by atoms with Crippen molar-refractivity contribution in [2.45, 2.75) is 19.3 Å². The lowest BCUT2D eigenvalue weighted by Gasteiger charge is -2.16. The van der Waals surface area contributed by atoms with Crippen LogP contribution in [0.4, 0.5) is 5.69 Å². The smallest absolute Gasteiger partial charge is 0.337 e. The molecule has 146 valence electrons. The van der Waals surface area contributed by atoms with Gasteiger partial charge < -0.3 is 38.2 Å². The lowest BCUT2D eigenvalue weighted by atomic mass is 9.80. The van der Waals surface area contributed by atoms with Crippen LogP contribution in [-0.4, -0.2) is 37.2 Å². The number of rotatable bonds is 3. The summed E-state index contributed by atoms with van der Waals surface area (Å²) in [7, 11) is 3.45. The summed E-state index contributed by atoms with van der Waals surface area (Å²) in [5.74, 6) is 1.23. The molecular weight excluding hydrogens is 469 g/mol. The van der Waals surface area contributed by atoms with E-state index in [0.29, 0.717) is 5.56 Å². The Morgan fingerprint density at radius 2 is 1.86 bits per heavy atom. The van der Waals surface area contributed by atoms with Gasteiger partial charge in [0.25, 0.3) is 0 Å². The molecule has 0 aromatic heterocycles. The number of hydrogen-bond acceptors (Lipinski definition) is 4. The lowest BCUT2D eigenvalue weighted by Crippen LogP contribution is -3.00. The van der Waals surface area contributed by atoms with E-state index < -0.39 is 0 Å². The summed E-state index contributed by atoms with van der Waals surface area (Å²) in [6, 6.07) is 11.6. The Morgan fingerprint density at radius 3 is 2.61 bits per heavy atom. The van der Waals surface area contributed by atoms with Gasteiger partial charge in [-0.2, -0.15) is 4.58 Å². The van der Waals surface area contributed by atoms with Crippen molar-refractivity contribution in [1.82, 2.24) is 0 Å². The van der Waals surface area contributed by atoms with Crippen LogP contribution in [0, 0.1) is 0 Å². The SMILES string of the molecule is COC(=O)c1ccc2c(c1)C(C)(C)C(C=Cc1ccc3c(c1)OCO3)=[N+]2C.[I-]. The molecule has 0 N–H and O–H groups in total. The van der Waals surface area contributed by atoms with Crippen LogP contribution in [0.25, 0.3) is 6.08 Å². The molecule has 0 spiro atoms. The fourth-order valence-electron chi connectivity index (χ4n) is 3.77. The van der Waals surface area contributed by atoms with Gasteiger partial charge in [-0.05, 0) is 49.8 Å². The highest BCUT2D eigenvalue weighted by Crippen LogP contribution is 2.40. The molecule has 2 aromatic carbocycles. The molecule has 0 unspecified atom stereocenters. The summed E-state index contributed by atoms with van der Waals surface area (Å²) in [6.07, 6.45) is 4.19. The number of nitrogens with zero attached hydrogens (tertiary/aromatic N) is 1. The summed E-state index contributed by atoms with van der Waals surface area (Å²) >= 11 is 0. The zero-order chi connectivity index (χ0) is 19.2. The van der Waals surface area contributed by atoms with E-state index in [1.54, 1.807) is 0 Å². The monoisotopic (exact) mass is 491 g/mol. The molecule has 0 bridgehead atoms. The molecule has 0 amide bonds.